The molecule has 0 saturated carbocycles. The van der Waals surface area contributed by atoms with E-state index in [-0.39, 0.29) is 11.8 Å². The van der Waals surface area contributed by atoms with E-state index >= 15 is 0 Å². The Morgan fingerprint density at radius 3 is 3.00 bits per heavy atom. The standard InChI is InChI=1S/C14H23N5O/c1-3-5-16-12-7-10(2)17-13(18-12)9-19-6-4-11(8-19)14(15)20/h7,11H,3-6,8-9H2,1-2H3,(H2,15,20)(H,16,17,18). The zero-order chi connectivity index (χ0) is 14.5. The molecule has 0 radical (unpaired) electrons. The first-order valence-corrected chi connectivity index (χ1v) is 7.18. The number of primary amides is 1. The van der Waals surface area contributed by atoms with Crippen LogP contribution in [0, 0.1) is 12.8 Å². The lowest BCUT2D eigenvalue weighted by Gasteiger charge is -2.15. The van der Waals surface area contributed by atoms with Crippen LogP contribution in [0.4, 0.5) is 5.82 Å². The lowest BCUT2D eigenvalue weighted by atomic mass is 10.1. The number of nitrogens with one attached hydrogen (secondary N) is 1. The minimum absolute atomic E-state index is 0.0301. The van der Waals surface area contributed by atoms with Crippen molar-refractivity contribution in [2.45, 2.75) is 33.2 Å². The molecule has 1 aromatic heterocycles. The Hall–Kier alpha value is -1.69. The fourth-order valence-electron chi connectivity index (χ4n) is 2.45. The Balaban J connectivity index is 1.99. The third kappa shape index (κ3) is 3.90. The molecule has 1 saturated heterocycles. The Bertz CT molecular complexity index is 477. The number of nitrogens with two attached hydrogens (primary N) is 1. The van der Waals surface area contributed by atoms with Crippen LogP contribution in [-0.4, -0.2) is 40.4 Å². The van der Waals surface area contributed by atoms with Gasteiger partial charge in [0.15, 0.2) is 0 Å². The summed E-state index contributed by atoms with van der Waals surface area (Å²) in [7, 11) is 0. The highest BCUT2D eigenvalue weighted by Gasteiger charge is 2.26. The van der Waals surface area contributed by atoms with Crippen molar-refractivity contribution in [2.24, 2.45) is 11.7 Å². The summed E-state index contributed by atoms with van der Waals surface area (Å²) in [6.45, 7) is 7.26. The number of rotatable bonds is 6. The molecule has 0 spiro atoms. The molecule has 1 atom stereocenters. The first-order valence-electron chi connectivity index (χ1n) is 7.18. The van der Waals surface area contributed by atoms with Crippen molar-refractivity contribution < 1.29 is 4.79 Å². The zero-order valence-electron chi connectivity index (χ0n) is 12.2. The fourth-order valence-corrected chi connectivity index (χ4v) is 2.45. The molecule has 0 aromatic carbocycles. The maximum absolute atomic E-state index is 11.2. The van der Waals surface area contributed by atoms with E-state index in [1.54, 1.807) is 0 Å². The van der Waals surface area contributed by atoms with Gasteiger partial charge in [-0.25, -0.2) is 9.97 Å². The van der Waals surface area contributed by atoms with Gasteiger partial charge in [-0.2, -0.15) is 0 Å². The largest absolute Gasteiger partial charge is 0.370 e. The van der Waals surface area contributed by atoms with Crippen molar-refractivity contribution in [2.75, 3.05) is 25.0 Å². The van der Waals surface area contributed by atoms with Crippen LogP contribution in [0.3, 0.4) is 0 Å². The van der Waals surface area contributed by atoms with Crippen molar-refractivity contribution in [3.63, 3.8) is 0 Å². The molecule has 0 bridgehead atoms. The maximum atomic E-state index is 11.2. The van der Waals surface area contributed by atoms with Gasteiger partial charge in [-0.1, -0.05) is 6.92 Å². The predicted molar refractivity (Wildman–Crippen MR) is 78.1 cm³/mol. The molecule has 0 aliphatic carbocycles. The molecule has 1 aromatic rings. The molecule has 1 fully saturated rings. The third-order valence-electron chi connectivity index (χ3n) is 3.50. The van der Waals surface area contributed by atoms with Crippen LogP contribution in [0.5, 0.6) is 0 Å². The monoisotopic (exact) mass is 277 g/mol. The Morgan fingerprint density at radius 1 is 1.55 bits per heavy atom. The Labute approximate surface area is 119 Å². The normalized spacial score (nSPS) is 19.2. The summed E-state index contributed by atoms with van der Waals surface area (Å²) in [4.78, 5) is 22.4. The van der Waals surface area contributed by atoms with Crippen LogP contribution in [0.25, 0.3) is 0 Å². The predicted octanol–water partition coefficient (Wildman–Crippen LogP) is 0.914. The molecule has 110 valence electrons. The second-order valence-electron chi connectivity index (χ2n) is 5.36. The van der Waals surface area contributed by atoms with E-state index in [0.717, 1.165) is 43.3 Å². The van der Waals surface area contributed by atoms with Gasteiger partial charge in [0.05, 0.1) is 12.5 Å². The minimum atomic E-state index is -0.206. The average Bonchev–Trinajstić information content (AvgIpc) is 2.84. The summed E-state index contributed by atoms with van der Waals surface area (Å²) >= 11 is 0. The van der Waals surface area contributed by atoms with Crippen molar-refractivity contribution in [3.8, 4) is 0 Å². The molecule has 1 aliphatic heterocycles. The van der Waals surface area contributed by atoms with Crippen LogP contribution in [0.1, 0.15) is 31.3 Å². The van der Waals surface area contributed by atoms with E-state index in [1.807, 2.05) is 13.0 Å². The first kappa shape index (κ1) is 14.7. The summed E-state index contributed by atoms with van der Waals surface area (Å²) in [5, 5.41) is 3.28. The van der Waals surface area contributed by atoms with E-state index in [0.29, 0.717) is 13.1 Å². The molecule has 3 N–H and O–H groups in total. The van der Waals surface area contributed by atoms with E-state index in [9.17, 15) is 4.79 Å². The minimum Gasteiger partial charge on any atom is -0.370 e. The molecule has 2 heterocycles. The van der Waals surface area contributed by atoms with Gasteiger partial charge in [0, 0.05) is 24.8 Å². The number of carbonyl (C=O) groups excluding carboxylic acids is 1. The van der Waals surface area contributed by atoms with E-state index in [4.69, 9.17) is 5.73 Å². The quantitative estimate of drug-likeness (QED) is 0.807. The van der Waals surface area contributed by atoms with Crippen molar-refractivity contribution in [3.05, 3.63) is 17.6 Å². The van der Waals surface area contributed by atoms with E-state index in [2.05, 4.69) is 27.1 Å². The van der Waals surface area contributed by atoms with Gasteiger partial charge in [-0.15, -0.1) is 0 Å². The summed E-state index contributed by atoms with van der Waals surface area (Å²) in [6.07, 6.45) is 1.90. The highest BCUT2D eigenvalue weighted by molar-refractivity contribution is 5.77. The number of amides is 1. The first-order chi connectivity index (χ1) is 9.58. The number of carbonyl (C=O) groups is 1. The number of anilines is 1. The zero-order valence-corrected chi connectivity index (χ0v) is 12.2. The smallest absolute Gasteiger partial charge is 0.221 e. The number of likely N-dealkylation sites (tertiary alicyclic amines) is 1. The lowest BCUT2D eigenvalue weighted by Crippen LogP contribution is -2.27. The molecular weight excluding hydrogens is 254 g/mol. The number of aromatic nitrogens is 2. The van der Waals surface area contributed by atoms with Crippen LogP contribution < -0.4 is 11.1 Å². The van der Waals surface area contributed by atoms with Crippen LogP contribution in [0.2, 0.25) is 0 Å². The summed E-state index contributed by atoms with van der Waals surface area (Å²) in [5.41, 5.74) is 6.31. The molecule has 1 amide bonds. The second kappa shape index (κ2) is 6.65. The SMILES string of the molecule is CCCNc1cc(C)nc(CN2CCC(C(N)=O)C2)n1. The summed E-state index contributed by atoms with van der Waals surface area (Å²) < 4.78 is 0. The molecular formula is C14H23N5O. The molecule has 6 nitrogen and oxygen atoms in total. The number of hydrogen-bond donors (Lipinski definition) is 2. The molecule has 6 heteroatoms. The summed E-state index contributed by atoms with van der Waals surface area (Å²) in [6, 6.07) is 1.95. The van der Waals surface area contributed by atoms with Crippen LogP contribution in [-0.2, 0) is 11.3 Å². The number of hydrogen-bond acceptors (Lipinski definition) is 5. The second-order valence-corrected chi connectivity index (χ2v) is 5.36. The van der Waals surface area contributed by atoms with E-state index in [1.165, 1.54) is 0 Å². The van der Waals surface area contributed by atoms with Gasteiger partial charge < -0.3 is 11.1 Å². The molecule has 1 aliphatic rings. The van der Waals surface area contributed by atoms with Gasteiger partial charge >= 0.3 is 0 Å². The number of aryl methyl sites for hydroxylation is 1. The summed E-state index contributed by atoms with van der Waals surface area (Å²) in [5.74, 6) is 1.44. The van der Waals surface area contributed by atoms with Crippen molar-refractivity contribution in [1.29, 1.82) is 0 Å². The van der Waals surface area contributed by atoms with Crippen LogP contribution in [0.15, 0.2) is 6.07 Å². The van der Waals surface area contributed by atoms with E-state index < -0.39 is 0 Å². The van der Waals surface area contributed by atoms with Gasteiger partial charge in [0.25, 0.3) is 0 Å². The lowest BCUT2D eigenvalue weighted by molar-refractivity contribution is -0.121. The van der Waals surface area contributed by atoms with Gasteiger partial charge in [-0.3, -0.25) is 9.69 Å². The molecule has 20 heavy (non-hydrogen) atoms. The third-order valence-corrected chi connectivity index (χ3v) is 3.50. The highest BCUT2D eigenvalue weighted by Crippen LogP contribution is 2.18. The fraction of sp³-hybridized carbons (Fsp3) is 0.643. The Kier molecular flexibility index (Phi) is 4.89. The maximum Gasteiger partial charge on any atom is 0.221 e. The highest BCUT2D eigenvalue weighted by atomic mass is 16.1. The molecule has 1 unspecified atom stereocenters. The van der Waals surface area contributed by atoms with Crippen LogP contribution >= 0.6 is 0 Å². The topological polar surface area (TPSA) is 84.1 Å². The number of nitrogens with zero attached hydrogens (tertiary/aromatic N) is 3. The van der Waals surface area contributed by atoms with Crippen molar-refractivity contribution >= 4 is 11.7 Å². The average molecular weight is 277 g/mol. The van der Waals surface area contributed by atoms with Gasteiger partial charge in [0.1, 0.15) is 11.6 Å². The Morgan fingerprint density at radius 2 is 2.35 bits per heavy atom. The molecule has 2 rings (SSSR count). The van der Waals surface area contributed by atoms with Gasteiger partial charge in [0.2, 0.25) is 5.91 Å². The van der Waals surface area contributed by atoms with Crippen molar-refractivity contribution in [1.82, 2.24) is 14.9 Å². The van der Waals surface area contributed by atoms with Gasteiger partial charge in [-0.05, 0) is 26.3 Å².